The number of nitriles is 1. The van der Waals surface area contributed by atoms with Crippen LogP contribution in [0.2, 0.25) is 0 Å². The van der Waals surface area contributed by atoms with Gasteiger partial charge in [-0.3, -0.25) is 0 Å². The van der Waals surface area contributed by atoms with E-state index in [9.17, 15) is 5.11 Å². The molecule has 0 spiro atoms. The van der Waals surface area contributed by atoms with Crippen molar-refractivity contribution in [3.8, 4) is 17.6 Å². The van der Waals surface area contributed by atoms with E-state index in [0.717, 1.165) is 19.3 Å². The summed E-state index contributed by atoms with van der Waals surface area (Å²) in [5.41, 5.74) is 4.28. The Kier molecular flexibility index (Phi) is 3.60. The average Bonchev–Trinajstić information content (AvgIpc) is 2.91. The molecule has 24 heavy (non-hydrogen) atoms. The predicted octanol–water partition coefficient (Wildman–Crippen LogP) is 4.71. The van der Waals surface area contributed by atoms with Crippen molar-refractivity contribution in [2.24, 2.45) is 17.3 Å². The molecule has 4 rings (SSSR count). The van der Waals surface area contributed by atoms with E-state index in [2.05, 4.69) is 19.1 Å². The molecule has 2 saturated carbocycles. The lowest BCUT2D eigenvalue weighted by atomic mass is 9.55. The highest BCUT2D eigenvalue weighted by atomic mass is 16.5. The molecule has 4 unspecified atom stereocenters. The largest absolute Gasteiger partial charge is 0.504 e. The van der Waals surface area contributed by atoms with Crippen molar-refractivity contribution in [3.63, 3.8) is 0 Å². The molecule has 3 nitrogen and oxygen atoms in total. The van der Waals surface area contributed by atoms with E-state index < -0.39 is 0 Å². The summed E-state index contributed by atoms with van der Waals surface area (Å²) >= 11 is 0. The number of hydrogen-bond acceptors (Lipinski definition) is 3. The van der Waals surface area contributed by atoms with Crippen LogP contribution in [-0.4, -0.2) is 12.2 Å². The van der Waals surface area contributed by atoms with Gasteiger partial charge in [0, 0.05) is 6.08 Å². The molecule has 0 radical (unpaired) electrons. The fraction of sp³-hybridized carbons (Fsp3) is 0.571. The average molecular weight is 323 g/mol. The number of phenols is 1. The molecule has 1 aromatic rings. The highest BCUT2D eigenvalue weighted by molar-refractivity contribution is 5.49. The van der Waals surface area contributed by atoms with Crippen molar-refractivity contribution in [3.05, 3.63) is 34.9 Å². The molecule has 126 valence electrons. The number of aromatic hydroxyl groups is 1. The van der Waals surface area contributed by atoms with Gasteiger partial charge in [0.05, 0.1) is 13.2 Å². The Morgan fingerprint density at radius 2 is 2.12 bits per heavy atom. The molecular weight excluding hydrogens is 298 g/mol. The molecule has 2 fully saturated rings. The Morgan fingerprint density at radius 1 is 1.29 bits per heavy atom. The summed E-state index contributed by atoms with van der Waals surface area (Å²) in [5, 5.41) is 19.2. The molecule has 0 aliphatic heterocycles. The Morgan fingerprint density at radius 3 is 2.88 bits per heavy atom. The van der Waals surface area contributed by atoms with Gasteiger partial charge >= 0.3 is 0 Å². The number of methoxy groups -OCH3 is 1. The molecule has 3 aliphatic rings. The van der Waals surface area contributed by atoms with Gasteiger partial charge in [-0.1, -0.05) is 12.5 Å². The number of nitrogens with zero attached hydrogens (tertiary/aromatic N) is 1. The normalized spacial score (nSPS) is 35.7. The van der Waals surface area contributed by atoms with Crippen LogP contribution in [-0.2, 0) is 6.42 Å². The zero-order chi connectivity index (χ0) is 16.9. The van der Waals surface area contributed by atoms with E-state index in [1.807, 2.05) is 12.1 Å². The van der Waals surface area contributed by atoms with Crippen LogP contribution in [0.25, 0.3) is 0 Å². The molecule has 4 atom stereocenters. The first-order valence-electron chi connectivity index (χ1n) is 9.07. The summed E-state index contributed by atoms with van der Waals surface area (Å²) in [6.07, 6.45) is 8.69. The van der Waals surface area contributed by atoms with Crippen LogP contribution in [0.5, 0.6) is 11.5 Å². The van der Waals surface area contributed by atoms with Crippen LogP contribution < -0.4 is 4.74 Å². The summed E-state index contributed by atoms with van der Waals surface area (Å²) in [5.74, 6) is 2.80. The van der Waals surface area contributed by atoms with Crippen molar-refractivity contribution in [1.82, 2.24) is 0 Å². The van der Waals surface area contributed by atoms with Gasteiger partial charge in [0.1, 0.15) is 0 Å². The number of fused-ring (bicyclic) bond motifs is 5. The van der Waals surface area contributed by atoms with Gasteiger partial charge in [-0.25, -0.2) is 0 Å². The van der Waals surface area contributed by atoms with Gasteiger partial charge in [-0.15, -0.1) is 0 Å². The molecule has 0 amide bonds. The molecule has 3 heteroatoms. The molecule has 0 aromatic heterocycles. The maximum atomic E-state index is 10.1. The summed E-state index contributed by atoms with van der Waals surface area (Å²) in [4.78, 5) is 0. The van der Waals surface area contributed by atoms with Gasteiger partial charge in [0.2, 0.25) is 0 Å². The van der Waals surface area contributed by atoms with Crippen LogP contribution in [0.15, 0.2) is 23.8 Å². The standard InChI is InChI=1S/C21H25NO2/c1-21-9-7-15-16(18(21)6-4-14(21)8-10-22)5-3-13-11-19(23)20(24-2)12-17(13)15/h8,11-12,15-16,18,23H,3-7,9H2,1-2H3/b14-8+. The minimum Gasteiger partial charge on any atom is -0.504 e. The van der Waals surface area contributed by atoms with Gasteiger partial charge in [0.25, 0.3) is 0 Å². The number of phenolic OH excluding ortho intramolecular Hbond substituents is 1. The molecule has 3 aliphatic carbocycles. The third kappa shape index (κ3) is 2.09. The fourth-order valence-corrected chi connectivity index (χ4v) is 5.91. The summed E-state index contributed by atoms with van der Waals surface area (Å²) < 4.78 is 5.35. The van der Waals surface area contributed by atoms with E-state index in [1.165, 1.54) is 36.0 Å². The van der Waals surface area contributed by atoms with Crippen LogP contribution in [0.3, 0.4) is 0 Å². The van der Waals surface area contributed by atoms with Crippen molar-refractivity contribution < 1.29 is 9.84 Å². The first kappa shape index (κ1) is 15.6. The first-order chi connectivity index (χ1) is 11.6. The monoisotopic (exact) mass is 323 g/mol. The Bertz CT molecular complexity index is 745. The van der Waals surface area contributed by atoms with E-state index in [-0.39, 0.29) is 11.2 Å². The van der Waals surface area contributed by atoms with E-state index >= 15 is 0 Å². The fourth-order valence-electron chi connectivity index (χ4n) is 5.91. The molecule has 1 aromatic carbocycles. The number of hydrogen-bond donors (Lipinski definition) is 1. The van der Waals surface area contributed by atoms with Crippen LogP contribution in [0, 0.1) is 28.6 Å². The lowest BCUT2D eigenvalue weighted by Gasteiger charge is -2.49. The van der Waals surface area contributed by atoms with Crippen molar-refractivity contribution in [2.75, 3.05) is 7.11 Å². The van der Waals surface area contributed by atoms with E-state index in [1.54, 1.807) is 7.11 Å². The summed E-state index contributed by atoms with van der Waals surface area (Å²) in [6.45, 7) is 2.39. The van der Waals surface area contributed by atoms with Gasteiger partial charge < -0.3 is 9.84 Å². The lowest BCUT2D eigenvalue weighted by molar-refractivity contribution is 0.0813. The Hall–Kier alpha value is -1.95. The van der Waals surface area contributed by atoms with Gasteiger partial charge in [0.15, 0.2) is 11.5 Å². The SMILES string of the molecule is COc1cc2c(cc1O)CCC1C2CCC2(C)/C(=C/C#N)CCC12. The van der Waals surface area contributed by atoms with Gasteiger partial charge in [-0.2, -0.15) is 5.26 Å². The zero-order valence-electron chi connectivity index (χ0n) is 14.5. The number of allylic oxidation sites excluding steroid dienone is 2. The molecule has 0 heterocycles. The predicted molar refractivity (Wildman–Crippen MR) is 93.0 cm³/mol. The number of ether oxygens (including phenoxy) is 1. The van der Waals surface area contributed by atoms with Crippen LogP contribution in [0.1, 0.15) is 56.1 Å². The number of benzene rings is 1. The minimum atomic E-state index is 0.218. The minimum absolute atomic E-state index is 0.218. The summed E-state index contributed by atoms with van der Waals surface area (Å²) in [7, 11) is 1.62. The quantitative estimate of drug-likeness (QED) is 0.762. The number of aryl methyl sites for hydroxylation is 1. The van der Waals surface area contributed by atoms with Crippen molar-refractivity contribution in [1.29, 1.82) is 5.26 Å². The molecule has 0 saturated heterocycles. The second-order valence-electron chi connectivity index (χ2n) is 7.93. The maximum Gasteiger partial charge on any atom is 0.160 e. The lowest BCUT2D eigenvalue weighted by Crippen LogP contribution is -2.40. The zero-order valence-corrected chi connectivity index (χ0v) is 14.5. The van der Waals surface area contributed by atoms with E-state index in [0.29, 0.717) is 23.5 Å². The molecular formula is C21H25NO2. The van der Waals surface area contributed by atoms with Crippen molar-refractivity contribution >= 4 is 0 Å². The van der Waals surface area contributed by atoms with Crippen LogP contribution >= 0.6 is 0 Å². The molecule has 1 N–H and O–H groups in total. The van der Waals surface area contributed by atoms with E-state index in [4.69, 9.17) is 10.00 Å². The third-order valence-electron chi connectivity index (χ3n) is 7.11. The highest BCUT2D eigenvalue weighted by Crippen LogP contribution is 2.63. The van der Waals surface area contributed by atoms with Crippen LogP contribution in [0.4, 0.5) is 0 Å². The maximum absolute atomic E-state index is 10.1. The molecule has 0 bridgehead atoms. The second kappa shape index (κ2) is 5.55. The first-order valence-corrected chi connectivity index (χ1v) is 9.07. The Labute approximate surface area is 143 Å². The smallest absolute Gasteiger partial charge is 0.160 e. The second-order valence-corrected chi connectivity index (χ2v) is 7.93. The third-order valence-corrected chi connectivity index (χ3v) is 7.11. The van der Waals surface area contributed by atoms with Gasteiger partial charge in [-0.05, 0) is 85.0 Å². The summed E-state index contributed by atoms with van der Waals surface area (Å²) in [6, 6.07) is 6.26. The Balaban J connectivity index is 1.72. The topological polar surface area (TPSA) is 53.2 Å². The van der Waals surface area contributed by atoms with Crippen molar-refractivity contribution in [2.45, 2.75) is 51.4 Å². The number of rotatable bonds is 1. The highest BCUT2D eigenvalue weighted by Gasteiger charge is 2.52.